The molecule has 3 rings (SSSR count). The van der Waals surface area contributed by atoms with E-state index in [4.69, 9.17) is 5.73 Å². The Hall–Kier alpha value is -1.55. The van der Waals surface area contributed by atoms with E-state index in [0.29, 0.717) is 0 Å². The van der Waals surface area contributed by atoms with Gasteiger partial charge in [0.05, 0.1) is 5.54 Å². The van der Waals surface area contributed by atoms with Crippen LogP contribution in [0.15, 0.2) is 24.3 Å². The summed E-state index contributed by atoms with van der Waals surface area (Å²) in [5.74, 6) is -0.0504. The van der Waals surface area contributed by atoms with Crippen molar-refractivity contribution in [3.63, 3.8) is 0 Å². The number of nitrogens with two attached hydrogens (primary N) is 1. The van der Waals surface area contributed by atoms with Gasteiger partial charge < -0.3 is 16.0 Å². The molecule has 108 valence electrons. The van der Waals surface area contributed by atoms with Gasteiger partial charge in [-0.3, -0.25) is 4.79 Å². The van der Waals surface area contributed by atoms with E-state index in [1.807, 2.05) is 12.1 Å². The van der Waals surface area contributed by atoms with E-state index in [0.717, 1.165) is 31.6 Å². The Morgan fingerprint density at radius 3 is 2.50 bits per heavy atom. The average Bonchev–Trinajstić information content (AvgIpc) is 3.23. The number of benzene rings is 1. The number of rotatable bonds is 3. The monoisotopic (exact) mass is 273 g/mol. The molecule has 0 radical (unpaired) electrons. The summed E-state index contributed by atoms with van der Waals surface area (Å²) in [4.78, 5) is 14.4. The Balaban J connectivity index is 1.70. The third-order valence-corrected chi connectivity index (χ3v) is 4.32. The molecule has 4 heteroatoms. The molecular formula is C16H23N3O. The number of carbonyl (C=O) groups is 1. The number of hydrogen-bond donors (Lipinski definition) is 2. The lowest BCUT2D eigenvalue weighted by atomic mass is 10.2. The van der Waals surface area contributed by atoms with E-state index in [1.54, 1.807) is 0 Å². The van der Waals surface area contributed by atoms with Crippen LogP contribution in [-0.2, 0) is 4.79 Å². The maximum absolute atomic E-state index is 12.0. The number of anilines is 2. The first kappa shape index (κ1) is 13.4. The van der Waals surface area contributed by atoms with Crippen LogP contribution in [0.3, 0.4) is 0 Å². The molecule has 1 heterocycles. The largest absolute Gasteiger partial charge is 0.371 e. The second-order valence-electron chi connectivity index (χ2n) is 6.06. The Kier molecular flexibility index (Phi) is 3.66. The standard InChI is InChI=1S/C16H23N3O/c17-16(8-9-16)15(20)18-13-6-5-7-14(12-13)19-10-3-1-2-4-11-19/h5-7,12H,1-4,8-11,17H2,(H,18,20). The van der Waals surface area contributed by atoms with Gasteiger partial charge in [-0.05, 0) is 43.9 Å². The molecular weight excluding hydrogens is 250 g/mol. The van der Waals surface area contributed by atoms with Crippen molar-refractivity contribution >= 4 is 17.3 Å². The van der Waals surface area contributed by atoms with E-state index in [9.17, 15) is 4.79 Å². The van der Waals surface area contributed by atoms with Crippen molar-refractivity contribution in [3.05, 3.63) is 24.3 Å². The quantitative estimate of drug-likeness (QED) is 0.889. The zero-order valence-corrected chi connectivity index (χ0v) is 11.9. The Bertz CT molecular complexity index is 488. The van der Waals surface area contributed by atoms with Crippen molar-refractivity contribution in [1.29, 1.82) is 0 Å². The average molecular weight is 273 g/mol. The minimum Gasteiger partial charge on any atom is -0.371 e. The van der Waals surface area contributed by atoms with Gasteiger partial charge in [0.25, 0.3) is 0 Å². The third kappa shape index (κ3) is 2.96. The molecule has 1 saturated carbocycles. The summed E-state index contributed by atoms with van der Waals surface area (Å²) in [5.41, 5.74) is 7.36. The molecule has 1 aromatic rings. The summed E-state index contributed by atoms with van der Waals surface area (Å²) in [6.45, 7) is 2.22. The molecule has 0 atom stereocenters. The fraction of sp³-hybridized carbons (Fsp3) is 0.562. The van der Waals surface area contributed by atoms with E-state index < -0.39 is 5.54 Å². The molecule has 2 aliphatic rings. The third-order valence-electron chi connectivity index (χ3n) is 4.32. The molecule has 3 N–H and O–H groups in total. The topological polar surface area (TPSA) is 58.4 Å². The Morgan fingerprint density at radius 1 is 1.15 bits per heavy atom. The van der Waals surface area contributed by atoms with E-state index in [1.165, 1.54) is 31.4 Å². The highest BCUT2D eigenvalue weighted by molar-refractivity contribution is 6.00. The number of nitrogens with one attached hydrogen (secondary N) is 1. The first-order valence-electron chi connectivity index (χ1n) is 7.63. The molecule has 4 nitrogen and oxygen atoms in total. The smallest absolute Gasteiger partial charge is 0.244 e. The molecule has 0 aromatic heterocycles. The summed E-state index contributed by atoms with van der Waals surface area (Å²) >= 11 is 0. The van der Waals surface area contributed by atoms with E-state index in [-0.39, 0.29) is 5.91 Å². The van der Waals surface area contributed by atoms with Crippen molar-refractivity contribution in [2.24, 2.45) is 5.73 Å². The number of amides is 1. The highest BCUT2D eigenvalue weighted by atomic mass is 16.2. The van der Waals surface area contributed by atoms with Crippen molar-refractivity contribution in [1.82, 2.24) is 0 Å². The maximum atomic E-state index is 12.0. The molecule has 1 amide bonds. The van der Waals surface area contributed by atoms with Crippen molar-refractivity contribution in [2.75, 3.05) is 23.3 Å². The summed E-state index contributed by atoms with van der Waals surface area (Å²) in [6, 6.07) is 8.13. The molecule has 0 spiro atoms. The molecule has 1 saturated heterocycles. The van der Waals surface area contributed by atoms with E-state index >= 15 is 0 Å². The number of nitrogens with zero attached hydrogens (tertiary/aromatic N) is 1. The molecule has 2 fully saturated rings. The molecule has 0 unspecified atom stereocenters. The van der Waals surface area contributed by atoms with Gasteiger partial charge in [0, 0.05) is 24.5 Å². The maximum Gasteiger partial charge on any atom is 0.244 e. The van der Waals surface area contributed by atoms with Crippen LogP contribution in [0.2, 0.25) is 0 Å². The Morgan fingerprint density at radius 2 is 1.85 bits per heavy atom. The summed E-state index contributed by atoms with van der Waals surface area (Å²) in [7, 11) is 0. The fourth-order valence-electron chi connectivity index (χ4n) is 2.73. The van der Waals surface area contributed by atoms with Crippen LogP contribution in [-0.4, -0.2) is 24.5 Å². The first-order chi connectivity index (χ1) is 9.67. The minimum atomic E-state index is -0.612. The highest BCUT2D eigenvalue weighted by Gasteiger charge is 2.45. The van der Waals surface area contributed by atoms with Gasteiger partial charge in [-0.15, -0.1) is 0 Å². The summed E-state index contributed by atoms with van der Waals surface area (Å²) in [5, 5.41) is 2.95. The fourth-order valence-corrected chi connectivity index (χ4v) is 2.73. The molecule has 20 heavy (non-hydrogen) atoms. The van der Waals surface area contributed by atoms with Gasteiger partial charge >= 0.3 is 0 Å². The van der Waals surface area contributed by atoms with Crippen LogP contribution in [0.25, 0.3) is 0 Å². The number of carbonyl (C=O) groups excluding carboxylic acids is 1. The lowest BCUT2D eigenvalue weighted by Crippen LogP contribution is -2.37. The van der Waals surface area contributed by atoms with Crippen molar-refractivity contribution in [2.45, 2.75) is 44.1 Å². The summed E-state index contributed by atoms with van der Waals surface area (Å²) < 4.78 is 0. The van der Waals surface area contributed by atoms with Gasteiger partial charge in [-0.25, -0.2) is 0 Å². The summed E-state index contributed by atoms with van der Waals surface area (Å²) in [6.07, 6.45) is 6.74. The van der Waals surface area contributed by atoms with Crippen LogP contribution >= 0.6 is 0 Å². The zero-order chi connectivity index (χ0) is 14.0. The highest BCUT2D eigenvalue weighted by Crippen LogP contribution is 2.33. The van der Waals surface area contributed by atoms with Gasteiger partial charge in [-0.1, -0.05) is 18.9 Å². The Labute approximate surface area is 120 Å². The van der Waals surface area contributed by atoms with Gasteiger partial charge in [0.15, 0.2) is 0 Å². The van der Waals surface area contributed by atoms with Gasteiger partial charge in [0.2, 0.25) is 5.91 Å². The van der Waals surface area contributed by atoms with Crippen LogP contribution in [0.5, 0.6) is 0 Å². The molecule has 0 bridgehead atoms. The second kappa shape index (κ2) is 5.44. The second-order valence-corrected chi connectivity index (χ2v) is 6.06. The lowest BCUT2D eigenvalue weighted by Gasteiger charge is -2.23. The molecule has 1 aromatic carbocycles. The predicted molar refractivity (Wildman–Crippen MR) is 81.9 cm³/mol. The predicted octanol–water partition coefficient (Wildman–Crippen LogP) is 2.50. The van der Waals surface area contributed by atoms with Crippen LogP contribution in [0.1, 0.15) is 38.5 Å². The van der Waals surface area contributed by atoms with Crippen molar-refractivity contribution < 1.29 is 4.79 Å². The minimum absolute atomic E-state index is 0.0504. The first-order valence-corrected chi connectivity index (χ1v) is 7.63. The molecule has 1 aliphatic heterocycles. The molecule has 1 aliphatic carbocycles. The normalized spacial score (nSPS) is 21.1. The van der Waals surface area contributed by atoms with Gasteiger partial charge in [-0.2, -0.15) is 0 Å². The van der Waals surface area contributed by atoms with Crippen LogP contribution in [0.4, 0.5) is 11.4 Å². The van der Waals surface area contributed by atoms with E-state index in [2.05, 4.69) is 22.3 Å². The van der Waals surface area contributed by atoms with Crippen LogP contribution in [0, 0.1) is 0 Å². The van der Waals surface area contributed by atoms with Crippen molar-refractivity contribution in [3.8, 4) is 0 Å². The SMILES string of the molecule is NC1(C(=O)Nc2cccc(N3CCCCCC3)c2)CC1. The lowest BCUT2D eigenvalue weighted by molar-refractivity contribution is -0.118. The number of hydrogen-bond acceptors (Lipinski definition) is 3. The van der Waals surface area contributed by atoms with Gasteiger partial charge in [0.1, 0.15) is 0 Å². The van der Waals surface area contributed by atoms with Crippen LogP contribution < -0.4 is 16.0 Å². The zero-order valence-electron chi connectivity index (χ0n) is 11.9.